The molecule has 0 bridgehead atoms. The normalized spacial score (nSPS) is 13.3. The van der Waals surface area contributed by atoms with E-state index in [9.17, 15) is 9.59 Å². The molecule has 44 heavy (non-hydrogen) atoms. The van der Waals surface area contributed by atoms with Gasteiger partial charge in [-0.25, -0.2) is 13.9 Å². The molecule has 2 amide bonds. The van der Waals surface area contributed by atoms with E-state index >= 15 is 4.39 Å². The zero-order valence-electron chi connectivity index (χ0n) is 25.8. The van der Waals surface area contributed by atoms with E-state index in [1.54, 1.807) is 16.6 Å². The summed E-state index contributed by atoms with van der Waals surface area (Å²) in [7, 11) is 0. The number of allylic oxidation sites excluding steroid dienone is 2. The number of hydrogen-bond acceptors (Lipinski definition) is 5. The quantitative estimate of drug-likeness (QED) is 0.178. The number of nitrogens with one attached hydrogen (secondary N) is 1. The first-order valence-electron chi connectivity index (χ1n) is 15.5. The number of carbonyl (C=O) groups is 2. The maximum absolute atomic E-state index is 15.5. The fourth-order valence-corrected chi connectivity index (χ4v) is 5.59. The SMILES string of the molecule is C/C=C(/C)c1ccccc1CCNC(=O)c1cc(C2CC2)n2nc(-c3ccc(N(CCC)CCCC(N)=O)cc3F)cc2n1. The Bertz CT molecular complexity index is 1690. The predicted molar refractivity (Wildman–Crippen MR) is 173 cm³/mol. The van der Waals surface area contributed by atoms with Crippen LogP contribution >= 0.6 is 0 Å². The minimum Gasteiger partial charge on any atom is -0.371 e. The molecule has 1 fully saturated rings. The van der Waals surface area contributed by atoms with Gasteiger partial charge in [0.25, 0.3) is 5.91 Å². The van der Waals surface area contributed by atoms with Crippen molar-refractivity contribution >= 4 is 28.7 Å². The van der Waals surface area contributed by atoms with Gasteiger partial charge in [0.15, 0.2) is 5.65 Å². The van der Waals surface area contributed by atoms with Crippen LogP contribution in [0.1, 0.15) is 86.1 Å². The topological polar surface area (TPSA) is 106 Å². The number of anilines is 1. The van der Waals surface area contributed by atoms with E-state index < -0.39 is 0 Å². The summed E-state index contributed by atoms with van der Waals surface area (Å²) in [6.45, 7) is 8.02. The van der Waals surface area contributed by atoms with Crippen LogP contribution in [0.3, 0.4) is 0 Å². The summed E-state index contributed by atoms with van der Waals surface area (Å²) in [6, 6.07) is 16.9. The van der Waals surface area contributed by atoms with Gasteiger partial charge in [-0.3, -0.25) is 9.59 Å². The average molecular weight is 597 g/mol. The number of halogens is 1. The van der Waals surface area contributed by atoms with Crippen molar-refractivity contribution < 1.29 is 14.0 Å². The number of amides is 2. The fourth-order valence-electron chi connectivity index (χ4n) is 5.59. The Morgan fingerprint density at radius 1 is 1.14 bits per heavy atom. The molecule has 5 rings (SSSR count). The number of benzene rings is 2. The third-order valence-corrected chi connectivity index (χ3v) is 8.18. The van der Waals surface area contributed by atoms with Crippen molar-refractivity contribution in [1.82, 2.24) is 19.9 Å². The number of carbonyl (C=O) groups excluding carboxylic acids is 2. The van der Waals surface area contributed by atoms with Crippen LogP contribution in [0.15, 0.2) is 60.7 Å². The van der Waals surface area contributed by atoms with Gasteiger partial charge in [-0.2, -0.15) is 5.10 Å². The molecule has 9 heteroatoms. The number of rotatable bonds is 14. The molecule has 0 radical (unpaired) electrons. The predicted octanol–water partition coefficient (Wildman–Crippen LogP) is 6.29. The highest BCUT2D eigenvalue weighted by molar-refractivity contribution is 5.93. The van der Waals surface area contributed by atoms with Crippen LogP contribution in [0.5, 0.6) is 0 Å². The van der Waals surface area contributed by atoms with Gasteiger partial charge in [-0.15, -0.1) is 0 Å². The second-order valence-corrected chi connectivity index (χ2v) is 11.5. The largest absolute Gasteiger partial charge is 0.371 e. The number of aromatic nitrogens is 3. The lowest BCUT2D eigenvalue weighted by Crippen LogP contribution is -2.27. The van der Waals surface area contributed by atoms with Gasteiger partial charge in [-0.1, -0.05) is 37.3 Å². The summed E-state index contributed by atoms with van der Waals surface area (Å²) in [5.41, 5.74) is 12.2. The number of fused-ring (bicyclic) bond motifs is 1. The Morgan fingerprint density at radius 2 is 1.93 bits per heavy atom. The van der Waals surface area contributed by atoms with E-state index in [-0.39, 0.29) is 17.6 Å². The zero-order chi connectivity index (χ0) is 31.2. The monoisotopic (exact) mass is 596 g/mol. The third kappa shape index (κ3) is 7.15. The number of nitrogens with zero attached hydrogens (tertiary/aromatic N) is 4. The molecule has 1 saturated carbocycles. The molecule has 0 saturated heterocycles. The molecule has 0 atom stereocenters. The summed E-state index contributed by atoms with van der Waals surface area (Å²) in [5.74, 6) is -0.664. The molecule has 0 unspecified atom stereocenters. The van der Waals surface area contributed by atoms with Gasteiger partial charge >= 0.3 is 0 Å². The summed E-state index contributed by atoms with van der Waals surface area (Å²) < 4.78 is 17.3. The van der Waals surface area contributed by atoms with E-state index in [4.69, 9.17) is 10.8 Å². The van der Waals surface area contributed by atoms with Gasteiger partial charge in [0.1, 0.15) is 11.5 Å². The molecule has 2 aromatic carbocycles. The highest BCUT2D eigenvalue weighted by Crippen LogP contribution is 2.40. The minimum atomic E-state index is -0.388. The van der Waals surface area contributed by atoms with E-state index in [2.05, 4.69) is 47.3 Å². The number of primary amides is 1. The standard InChI is InChI=1S/C35H41FN6O2/c1-4-18-41(19-8-11-33(37)43)26-14-15-28(29(36)20-26)30-22-34-39-31(21-32(25-12-13-25)42(34)40-30)35(44)38-17-16-24-9-6-7-10-27(24)23(3)5-2/h5-7,9-10,14-15,20-22,25H,4,8,11-13,16-19H2,1-3H3,(H2,37,43)(H,38,44)/b23-5-. The van der Waals surface area contributed by atoms with E-state index in [1.807, 2.05) is 31.2 Å². The maximum atomic E-state index is 15.5. The van der Waals surface area contributed by atoms with Crippen molar-refractivity contribution in [1.29, 1.82) is 0 Å². The highest BCUT2D eigenvalue weighted by atomic mass is 19.1. The van der Waals surface area contributed by atoms with Crippen molar-refractivity contribution in [3.8, 4) is 11.3 Å². The molecule has 0 aliphatic heterocycles. The summed E-state index contributed by atoms with van der Waals surface area (Å²) in [5, 5.41) is 7.77. The Hall–Kier alpha value is -4.53. The Labute approximate surface area is 258 Å². The lowest BCUT2D eigenvalue weighted by atomic mass is 9.98. The Morgan fingerprint density at radius 3 is 2.64 bits per heavy atom. The van der Waals surface area contributed by atoms with E-state index in [0.717, 1.165) is 37.2 Å². The first kappa shape index (κ1) is 30.9. The van der Waals surface area contributed by atoms with Crippen LogP contribution in [0.25, 0.3) is 22.5 Å². The van der Waals surface area contributed by atoms with Crippen LogP contribution < -0.4 is 16.0 Å². The minimum absolute atomic E-state index is 0.236. The van der Waals surface area contributed by atoms with E-state index in [1.165, 1.54) is 22.8 Å². The van der Waals surface area contributed by atoms with E-state index in [0.29, 0.717) is 60.9 Å². The fraction of sp³-hybridized carbons (Fsp3) is 0.371. The first-order chi connectivity index (χ1) is 21.3. The Balaban J connectivity index is 1.35. The van der Waals surface area contributed by atoms with Crippen LogP contribution in [0.4, 0.5) is 10.1 Å². The van der Waals surface area contributed by atoms with Crippen molar-refractivity contribution in [2.24, 2.45) is 5.73 Å². The molecule has 1 aliphatic rings. The molecule has 0 spiro atoms. The zero-order valence-corrected chi connectivity index (χ0v) is 25.8. The first-order valence-corrected chi connectivity index (χ1v) is 15.5. The second-order valence-electron chi connectivity index (χ2n) is 11.5. The molecular weight excluding hydrogens is 555 g/mol. The second kappa shape index (κ2) is 13.8. The molecule has 2 heterocycles. The lowest BCUT2D eigenvalue weighted by Gasteiger charge is -2.24. The molecule has 3 N–H and O–H groups in total. The maximum Gasteiger partial charge on any atom is 0.270 e. The van der Waals surface area contributed by atoms with Gasteiger partial charge in [0, 0.05) is 55.0 Å². The molecule has 4 aromatic rings. The van der Waals surface area contributed by atoms with Gasteiger partial charge in [0.2, 0.25) is 5.91 Å². The van der Waals surface area contributed by atoms with Crippen molar-refractivity contribution in [2.75, 3.05) is 24.5 Å². The lowest BCUT2D eigenvalue weighted by molar-refractivity contribution is -0.118. The molecular formula is C35H41FN6O2. The summed E-state index contributed by atoms with van der Waals surface area (Å²) >= 11 is 0. The third-order valence-electron chi connectivity index (χ3n) is 8.18. The highest BCUT2D eigenvalue weighted by Gasteiger charge is 2.29. The number of nitrogens with two attached hydrogens (primary N) is 1. The molecule has 8 nitrogen and oxygen atoms in total. The van der Waals surface area contributed by atoms with Crippen LogP contribution in [0, 0.1) is 5.82 Å². The Kier molecular flexibility index (Phi) is 9.72. The average Bonchev–Trinajstić information content (AvgIpc) is 3.77. The molecule has 2 aromatic heterocycles. The molecule has 230 valence electrons. The van der Waals surface area contributed by atoms with Gasteiger partial charge in [-0.05, 0) is 86.9 Å². The van der Waals surface area contributed by atoms with Crippen molar-refractivity contribution in [3.05, 3.63) is 89.0 Å². The van der Waals surface area contributed by atoms with Gasteiger partial charge in [0.05, 0.1) is 5.69 Å². The summed E-state index contributed by atoms with van der Waals surface area (Å²) in [4.78, 5) is 31.1. The summed E-state index contributed by atoms with van der Waals surface area (Å²) in [6.07, 6.45) is 6.62. The van der Waals surface area contributed by atoms with Crippen molar-refractivity contribution in [3.63, 3.8) is 0 Å². The smallest absolute Gasteiger partial charge is 0.270 e. The number of hydrogen-bond donors (Lipinski definition) is 2. The molecule has 1 aliphatic carbocycles. The van der Waals surface area contributed by atoms with Gasteiger partial charge < -0.3 is 16.0 Å². The van der Waals surface area contributed by atoms with Crippen LogP contribution in [0.2, 0.25) is 0 Å². The van der Waals surface area contributed by atoms with Crippen molar-refractivity contribution in [2.45, 2.75) is 65.2 Å². The van der Waals surface area contributed by atoms with Crippen LogP contribution in [-0.2, 0) is 11.2 Å². The van der Waals surface area contributed by atoms with Crippen LogP contribution in [-0.4, -0.2) is 46.0 Å².